The van der Waals surface area contributed by atoms with Gasteiger partial charge in [0.1, 0.15) is 5.82 Å². The standard InChI is InChI=1S/C15H21N5/c1-5-12-10(3)19-15(16)20-14(12)18-11(4)13-7-6-9(2)8-17-13/h6-8,11H,5H2,1-4H3,(H3,16,18,19,20). The van der Waals surface area contributed by atoms with Gasteiger partial charge in [-0.2, -0.15) is 4.98 Å². The van der Waals surface area contributed by atoms with Crippen LogP contribution in [0.1, 0.15) is 42.4 Å². The van der Waals surface area contributed by atoms with Crippen molar-refractivity contribution in [1.29, 1.82) is 0 Å². The van der Waals surface area contributed by atoms with E-state index in [4.69, 9.17) is 5.73 Å². The molecule has 106 valence electrons. The fourth-order valence-electron chi connectivity index (χ4n) is 2.17. The highest BCUT2D eigenvalue weighted by Gasteiger charge is 2.13. The number of nitrogens with two attached hydrogens (primary N) is 1. The van der Waals surface area contributed by atoms with E-state index in [9.17, 15) is 0 Å². The monoisotopic (exact) mass is 271 g/mol. The zero-order valence-corrected chi connectivity index (χ0v) is 12.4. The molecule has 0 saturated carbocycles. The van der Waals surface area contributed by atoms with Crippen molar-refractivity contribution in [1.82, 2.24) is 15.0 Å². The highest BCUT2D eigenvalue weighted by atomic mass is 15.1. The van der Waals surface area contributed by atoms with E-state index in [0.29, 0.717) is 5.95 Å². The van der Waals surface area contributed by atoms with Crippen molar-refractivity contribution in [3.05, 3.63) is 40.8 Å². The summed E-state index contributed by atoms with van der Waals surface area (Å²) in [5, 5.41) is 3.39. The lowest BCUT2D eigenvalue weighted by molar-refractivity contribution is 0.821. The lowest BCUT2D eigenvalue weighted by atomic mass is 10.1. The zero-order valence-electron chi connectivity index (χ0n) is 12.4. The summed E-state index contributed by atoms with van der Waals surface area (Å²) in [4.78, 5) is 13.0. The van der Waals surface area contributed by atoms with Crippen LogP contribution in [0.2, 0.25) is 0 Å². The van der Waals surface area contributed by atoms with Gasteiger partial charge in [0.05, 0.1) is 11.7 Å². The van der Waals surface area contributed by atoms with E-state index in [1.165, 1.54) is 0 Å². The maximum Gasteiger partial charge on any atom is 0.222 e. The van der Waals surface area contributed by atoms with Gasteiger partial charge in [-0.15, -0.1) is 0 Å². The number of nitrogens with one attached hydrogen (secondary N) is 1. The molecule has 1 atom stereocenters. The van der Waals surface area contributed by atoms with Crippen LogP contribution in [0.15, 0.2) is 18.3 Å². The summed E-state index contributed by atoms with van der Waals surface area (Å²) < 4.78 is 0. The molecule has 0 radical (unpaired) electrons. The first kappa shape index (κ1) is 14.2. The predicted molar refractivity (Wildman–Crippen MR) is 81.6 cm³/mol. The number of hydrogen-bond donors (Lipinski definition) is 2. The van der Waals surface area contributed by atoms with E-state index in [1.807, 2.05) is 26.1 Å². The van der Waals surface area contributed by atoms with Crippen LogP contribution in [0.4, 0.5) is 11.8 Å². The third-order valence-electron chi connectivity index (χ3n) is 3.32. The van der Waals surface area contributed by atoms with Crippen molar-refractivity contribution in [2.75, 3.05) is 11.1 Å². The number of pyridine rings is 1. The molecule has 20 heavy (non-hydrogen) atoms. The average molecular weight is 271 g/mol. The fourth-order valence-corrected chi connectivity index (χ4v) is 2.17. The molecule has 2 aromatic heterocycles. The largest absolute Gasteiger partial charge is 0.368 e. The Bertz CT molecular complexity index is 592. The van der Waals surface area contributed by atoms with Gasteiger partial charge >= 0.3 is 0 Å². The van der Waals surface area contributed by atoms with Crippen molar-refractivity contribution < 1.29 is 0 Å². The molecule has 1 unspecified atom stereocenters. The van der Waals surface area contributed by atoms with Crippen molar-refractivity contribution >= 4 is 11.8 Å². The van der Waals surface area contributed by atoms with Crippen molar-refractivity contribution in [3.8, 4) is 0 Å². The van der Waals surface area contributed by atoms with Gasteiger partial charge in [-0.25, -0.2) is 4.98 Å². The summed E-state index contributed by atoms with van der Waals surface area (Å²) in [5.41, 5.74) is 9.89. The maximum absolute atomic E-state index is 5.74. The van der Waals surface area contributed by atoms with Crippen molar-refractivity contribution in [2.24, 2.45) is 0 Å². The second-order valence-electron chi connectivity index (χ2n) is 4.97. The van der Waals surface area contributed by atoms with Gasteiger partial charge in [0.15, 0.2) is 0 Å². The smallest absolute Gasteiger partial charge is 0.222 e. The van der Waals surface area contributed by atoms with Crippen LogP contribution < -0.4 is 11.1 Å². The summed E-state index contributed by atoms with van der Waals surface area (Å²) in [6, 6.07) is 4.14. The fraction of sp³-hybridized carbons (Fsp3) is 0.400. The van der Waals surface area contributed by atoms with E-state index in [0.717, 1.165) is 34.8 Å². The molecule has 5 heteroatoms. The molecule has 0 fully saturated rings. The molecule has 0 bridgehead atoms. The molecule has 0 aromatic carbocycles. The topological polar surface area (TPSA) is 76.7 Å². The minimum Gasteiger partial charge on any atom is -0.368 e. The van der Waals surface area contributed by atoms with Crippen molar-refractivity contribution in [2.45, 2.75) is 40.2 Å². The Labute approximate surface area is 119 Å². The van der Waals surface area contributed by atoms with E-state index in [2.05, 4.69) is 40.2 Å². The highest BCUT2D eigenvalue weighted by molar-refractivity contribution is 5.50. The number of rotatable bonds is 4. The molecule has 0 saturated heterocycles. The summed E-state index contributed by atoms with van der Waals surface area (Å²) in [6.45, 7) is 8.13. The molecule has 0 aliphatic carbocycles. The minimum atomic E-state index is 0.0644. The molecular formula is C15H21N5. The first-order valence-corrected chi connectivity index (χ1v) is 6.83. The number of nitrogen functional groups attached to an aromatic ring is 1. The Hall–Kier alpha value is -2.17. The van der Waals surface area contributed by atoms with Gasteiger partial charge in [0.25, 0.3) is 0 Å². The third-order valence-corrected chi connectivity index (χ3v) is 3.32. The quantitative estimate of drug-likeness (QED) is 0.894. The first-order chi connectivity index (χ1) is 9.51. The Balaban J connectivity index is 2.27. The number of aryl methyl sites for hydroxylation is 2. The average Bonchev–Trinajstić information content (AvgIpc) is 2.39. The Kier molecular flexibility index (Phi) is 4.17. The number of nitrogens with zero attached hydrogens (tertiary/aromatic N) is 3. The predicted octanol–water partition coefficient (Wildman–Crippen LogP) is 2.81. The molecule has 5 nitrogen and oxygen atoms in total. The lowest BCUT2D eigenvalue weighted by Gasteiger charge is -2.17. The first-order valence-electron chi connectivity index (χ1n) is 6.83. The molecule has 0 amide bonds. The van der Waals surface area contributed by atoms with Crippen LogP contribution in [0.3, 0.4) is 0 Å². The van der Waals surface area contributed by atoms with E-state index < -0.39 is 0 Å². The molecule has 0 aliphatic heterocycles. The minimum absolute atomic E-state index is 0.0644. The summed E-state index contributed by atoms with van der Waals surface area (Å²) in [5.74, 6) is 1.10. The van der Waals surface area contributed by atoms with Gasteiger partial charge in [-0.05, 0) is 38.8 Å². The lowest BCUT2D eigenvalue weighted by Crippen LogP contribution is -2.14. The van der Waals surface area contributed by atoms with Gasteiger partial charge in [-0.1, -0.05) is 13.0 Å². The van der Waals surface area contributed by atoms with Gasteiger partial charge in [0, 0.05) is 17.5 Å². The second kappa shape index (κ2) is 5.86. The summed E-state index contributed by atoms with van der Waals surface area (Å²) >= 11 is 0. The third kappa shape index (κ3) is 3.04. The second-order valence-corrected chi connectivity index (χ2v) is 4.97. The molecule has 3 N–H and O–H groups in total. The van der Waals surface area contributed by atoms with Gasteiger partial charge in [0.2, 0.25) is 5.95 Å². The van der Waals surface area contributed by atoms with Crippen LogP contribution in [0.25, 0.3) is 0 Å². The molecule has 2 heterocycles. The molecule has 0 aliphatic rings. The zero-order chi connectivity index (χ0) is 14.7. The number of aromatic nitrogens is 3. The Morgan fingerprint density at radius 2 is 2.00 bits per heavy atom. The van der Waals surface area contributed by atoms with Crippen LogP contribution >= 0.6 is 0 Å². The van der Waals surface area contributed by atoms with E-state index in [-0.39, 0.29) is 6.04 Å². The van der Waals surface area contributed by atoms with Gasteiger partial charge in [-0.3, -0.25) is 4.98 Å². The molecule has 2 rings (SSSR count). The van der Waals surface area contributed by atoms with Crippen LogP contribution in [0.5, 0.6) is 0 Å². The van der Waals surface area contributed by atoms with Crippen LogP contribution in [-0.4, -0.2) is 15.0 Å². The van der Waals surface area contributed by atoms with Crippen LogP contribution in [-0.2, 0) is 6.42 Å². The van der Waals surface area contributed by atoms with E-state index in [1.54, 1.807) is 0 Å². The maximum atomic E-state index is 5.74. The molecule has 2 aromatic rings. The van der Waals surface area contributed by atoms with E-state index >= 15 is 0 Å². The SMILES string of the molecule is CCc1c(C)nc(N)nc1NC(C)c1ccc(C)cn1. The Morgan fingerprint density at radius 1 is 1.25 bits per heavy atom. The Morgan fingerprint density at radius 3 is 2.60 bits per heavy atom. The summed E-state index contributed by atoms with van der Waals surface area (Å²) in [6.07, 6.45) is 2.73. The summed E-state index contributed by atoms with van der Waals surface area (Å²) in [7, 11) is 0. The normalized spacial score (nSPS) is 12.2. The highest BCUT2D eigenvalue weighted by Crippen LogP contribution is 2.22. The number of hydrogen-bond acceptors (Lipinski definition) is 5. The van der Waals surface area contributed by atoms with Crippen LogP contribution in [0, 0.1) is 13.8 Å². The molecule has 0 spiro atoms. The molecular weight excluding hydrogens is 250 g/mol. The number of anilines is 2. The van der Waals surface area contributed by atoms with Crippen molar-refractivity contribution in [3.63, 3.8) is 0 Å². The van der Waals surface area contributed by atoms with Gasteiger partial charge < -0.3 is 11.1 Å².